The maximum Gasteiger partial charge on any atom is 0.261 e. The van der Waals surface area contributed by atoms with Crippen LogP contribution >= 0.6 is 11.6 Å². The number of rotatable bonds is 7. The minimum atomic E-state index is -1.03. The topological polar surface area (TPSA) is 78.8 Å². The number of hydrogen-bond donors (Lipinski definition) is 3. The first-order valence-corrected chi connectivity index (χ1v) is 6.80. The summed E-state index contributed by atoms with van der Waals surface area (Å²) in [7, 11) is 0. The molecule has 3 N–H and O–H groups in total. The number of amides is 1. The zero-order valence-corrected chi connectivity index (χ0v) is 12.4. The Morgan fingerprint density at radius 3 is 2.50 bits per heavy atom. The van der Waals surface area contributed by atoms with Crippen LogP contribution in [0.3, 0.4) is 0 Å². The smallest absolute Gasteiger partial charge is 0.261 e. The van der Waals surface area contributed by atoms with Gasteiger partial charge in [-0.1, -0.05) is 30.7 Å². The molecule has 5 nitrogen and oxygen atoms in total. The molecule has 0 heterocycles. The summed E-state index contributed by atoms with van der Waals surface area (Å²) < 4.78 is 5.48. The van der Waals surface area contributed by atoms with Crippen LogP contribution in [0.5, 0.6) is 5.75 Å². The molecule has 0 aliphatic rings. The van der Waals surface area contributed by atoms with E-state index >= 15 is 0 Å². The fraction of sp³-hybridized carbons (Fsp3) is 0.500. The quantitative estimate of drug-likeness (QED) is 0.710. The van der Waals surface area contributed by atoms with E-state index in [-0.39, 0.29) is 13.2 Å². The molecule has 0 radical (unpaired) electrons. The van der Waals surface area contributed by atoms with Crippen molar-refractivity contribution >= 4 is 17.5 Å². The normalized spacial score (nSPS) is 12.8. The molecule has 112 valence electrons. The highest BCUT2D eigenvalue weighted by Crippen LogP contribution is 2.24. The van der Waals surface area contributed by atoms with Gasteiger partial charge in [-0.3, -0.25) is 4.79 Å². The van der Waals surface area contributed by atoms with Gasteiger partial charge in [-0.25, -0.2) is 0 Å². The zero-order chi connectivity index (χ0) is 15.2. The summed E-state index contributed by atoms with van der Waals surface area (Å²) >= 11 is 5.95. The van der Waals surface area contributed by atoms with Crippen LogP contribution in [0.25, 0.3) is 0 Å². The summed E-state index contributed by atoms with van der Waals surface area (Å²) in [6, 6.07) is 6.85. The lowest BCUT2D eigenvalue weighted by Crippen LogP contribution is -2.56. The number of aliphatic hydroxyl groups is 2. The summed E-state index contributed by atoms with van der Waals surface area (Å²) in [5, 5.41) is 21.6. The molecule has 1 rings (SSSR count). The van der Waals surface area contributed by atoms with Crippen LogP contribution in [0.1, 0.15) is 20.3 Å². The van der Waals surface area contributed by atoms with Crippen molar-refractivity contribution in [3.8, 4) is 5.75 Å². The van der Waals surface area contributed by atoms with Gasteiger partial charge in [0.05, 0.1) is 23.8 Å². The molecule has 0 aliphatic heterocycles. The number of carbonyl (C=O) groups excluding carboxylic acids is 1. The highest BCUT2D eigenvalue weighted by atomic mass is 35.5. The Morgan fingerprint density at radius 1 is 1.40 bits per heavy atom. The summed E-state index contributed by atoms with van der Waals surface area (Å²) in [5.41, 5.74) is -1.03. The van der Waals surface area contributed by atoms with Crippen molar-refractivity contribution in [3.63, 3.8) is 0 Å². The van der Waals surface area contributed by atoms with Gasteiger partial charge in [-0.05, 0) is 25.5 Å². The van der Waals surface area contributed by atoms with E-state index in [0.29, 0.717) is 17.2 Å². The monoisotopic (exact) mass is 301 g/mol. The van der Waals surface area contributed by atoms with Crippen molar-refractivity contribution in [1.29, 1.82) is 0 Å². The molecule has 1 aromatic rings. The van der Waals surface area contributed by atoms with Crippen molar-refractivity contribution in [2.75, 3.05) is 13.2 Å². The van der Waals surface area contributed by atoms with Gasteiger partial charge in [0.25, 0.3) is 5.91 Å². The average molecular weight is 302 g/mol. The number of benzene rings is 1. The largest absolute Gasteiger partial charge is 0.479 e. The molecule has 1 atom stereocenters. The Morgan fingerprint density at radius 2 is 2.00 bits per heavy atom. The molecule has 0 saturated heterocycles. The number of nitrogens with one attached hydrogen (secondary N) is 1. The van der Waals surface area contributed by atoms with Gasteiger partial charge in [0.2, 0.25) is 0 Å². The molecule has 0 saturated carbocycles. The van der Waals surface area contributed by atoms with Crippen LogP contribution in [0.2, 0.25) is 5.02 Å². The number of ether oxygens (including phenoxy) is 1. The predicted octanol–water partition coefficient (Wildman–Crippen LogP) is 1.36. The first-order valence-electron chi connectivity index (χ1n) is 6.43. The molecule has 0 spiro atoms. The van der Waals surface area contributed by atoms with E-state index in [9.17, 15) is 15.0 Å². The number of halogens is 1. The molecule has 20 heavy (non-hydrogen) atoms. The Kier molecular flexibility index (Phi) is 6.26. The molecule has 1 unspecified atom stereocenters. The first-order chi connectivity index (χ1) is 9.48. The van der Waals surface area contributed by atoms with E-state index in [1.165, 1.54) is 0 Å². The SMILES string of the molecule is CCC(CO)(CO)NC(=O)C(C)Oc1ccccc1Cl. The summed E-state index contributed by atoms with van der Waals surface area (Å²) in [6.45, 7) is 2.66. The highest BCUT2D eigenvalue weighted by molar-refractivity contribution is 6.32. The fourth-order valence-electron chi connectivity index (χ4n) is 1.59. The maximum absolute atomic E-state index is 12.0. The van der Waals surface area contributed by atoms with Gasteiger partial charge >= 0.3 is 0 Å². The number of aliphatic hydroxyl groups excluding tert-OH is 2. The third-order valence-corrected chi connectivity index (χ3v) is 3.49. The van der Waals surface area contributed by atoms with Crippen LogP contribution in [0.15, 0.2) is 24.3 Å². The number of para-hydroxylation sites is 1. The Balaban J connectivity index is 2.70. The van der Waals surface area contributed by atoms with Crippen LogP contribution < -0.4 is 10.1 Å². The molecule has 0 bridgehead atoms. The van der Waals surface area contributed by atoms with E-state index in [2.05, 4.69) is 5.32 Å². The molecule has 6 heteroatoms. The van der Waals surface area contributed by atoms with Crippen molar-refractivity contribution in [2.24, 2.45) is 0 Å². The number of hydrogen-bond acceptors (Lipinski definition) is 4. The lowest BCUT2D eigenvalue weighted by atomic mass is 9.98. The molecule has 1 aromatic carbocycles. The van der Waals surface area contributed by atoms with Crippen LogP contribution in [0, 0.1) is 0 Å². The van der Waals surface area contributed by atoms with Gasteiger partial charge in [0, 0.05) is 0 Å². The minimum absolute atomic E-state index is 0.343. The van der Waals surface area contributed by atoms with Crippen molar-refractivity contribution in [2.45, 2.75) is 31.9 Å². The van der Waals surface area contributed by atoms with Crippen LogP contribution in [0.4, 0.5) is 0 Å². The lowest BCUT2D eigenvalue weighted by Gasteiger charge is -2.31. The summed E-state index contributed by atoms with van der Waals surface area (Å²) in [6.07, 6.45) is -0.385. The van der Waals surface area contributed by atoms with Gasteiger partial charge in [-0.2, -0.15) is 0 Å². The van der Waals surface area contributed by atoms with Crippen molar-refractivity contribution < 1.29 is 19.7 Å². The second-order valence-corrected chi connectivity index (χ2v) is 5.04. The molecule has 1 amide bonds. The maximum atomic E-state index is 12.0. The average Bonchev–Trinajstić information content (AvgIpc) is 2.47. The third kappa shape index (κ3) is 4.10. The second kappa shape index (κ2) is 7.47. The van der Waals surface area contributed by atoms with Crippen molar-refractivity contribution in [1.82, 2.24) is 5.32 Å². The van der Waals surface area contributed by atoms with Gasteiger partial charge in [-0.15, -0.1) is 0 Å². The van der Waals surface area contributed by atoms with E-state index in [4.69, 9.17) is 16.3 Å². The van der Waals surface area contributed by atoms with E-state index in [1.54, 1.807) is 38.1 Å². The van der Waals surface area contributed by atoms with E-state index < -0.39 is 17.6 Å². The molecular weight excluding hydrogens is 282 g/mol. The zero-order valence-electron chi connectivity index (χ0n) is 11.6. The Labute approximate surface area is 123 Å². The Bertz CT molecular complexity index is 440. The summed E-state index contributed by atoms with van der Waals surface area (Å²) in [5.74, 6) is -0.0122. The van der Waals surface area contributed by atoms with Crippen LogP contribution in [-0.2, 0) is 4.79 Å². The van der Waals surface area contributed by atoms with Gasteiger partial charge < -0.3 is 20.3 Å². The highest BCUT2D eigenvalue weighted by Gasteiger charge is 2.31. The van der Waals surface area contributed by atoms with Crippen LogP contribution in [-0.4, -0.2) is 41.0 Å². The third-order valence-electron chi connectivity index (χ3n) is 3.18. The predicted molar refractivity (Wildman–Crippen MR) is 76.9 cm³/mol. The lowest BCUT2D eigenvalue weighted by molar-refractivity contribution is -0.130. The number of carbonyl (C=O) groups is 1. The minimum Gasteiger partial charge on any atom is -0.479 e. The molecular formula is C14H20ClNO4. The van der Waals surface area contributed by atoms with Crippen molar-refractivity contribution in [3.05, 3.63) is 29.3 Å². The molecule has 0 aliphatic carbocycles. The fourth-order valence-corrected chi connectivity index (χ4v) is 1.77. The van der Waals surface area contributed by atoms with Gasteiger partial charge in [0.15, 0.2) is 6.10 Å². The first kappa shape index (κ1) is 16.8. The standard InChI is InChI=1S/C14H20ClNO4/c1-3-14(8-17,9-18)16-13(19)10(2)20-12-7-5-4-6-11(12)15/h4-7,10,17-18H,3,8-9H2,1-2H3,(H,16,19). The van der Waals surface area contributed by atoms with E-state index in [1.807, 2.05) is 0 Å². The van der Waals surface area contributed by atoms with E-state index in [0.717, 1.165) is 0 Å². The molecule has 0 aromatic heterocycles. The van der Waals surface area contributed by atoms with Gasteiger partial charge in [0.1, 0.15) is 5.75 Å². The molecule has 0 fully saturated rings. The Hall–Kier alpha value is -1.30. The summed E-state index contributed by atoms with van der Waals surface area (Å²) in [4.78, 5) is 12.0. The second-order valence-electron chi connectivity index (χ2n) is 4.63.